The van der Waals surface area contributed by atoms with E-state index in [1.54, 1.807) is 0 Å². The van der Waals surface area contributed by atoms with Gasteiger partial charge in [0.15, 0.2) is 0 Å². The average Bonchev–Trinajstić information content (AvgIpc) is 3.26. The van der Waals surface area contributed by atoms with Crippen molar-refractivity contribution in [1.82, 2.24) is 9.97 Å². The predicted molar refractivity (Wildman–Crippen MR) is 247 cm³/mol. The first-order chi connectivity index (χ1) is 28.0. The lowest BCUT2D eigenvalue weighted by atomic mass is 9.86. The number of hydrogen-bond donors (Lipinski definition) is 0. The Bertz CT molecular complexity index is 2670. The summed E-state index contributed by atoms with van der Waals surface area (Å²) in [6.07, 6.45) is 0. The number of aromatic nitrogens is 2. The van der Waals surface area contributed by atoms with E-state index >= 15 is 0 Å². The molecule has 0 atom stereocenters. The van der Waals surface area contributed by atoms with Crippen LogP contribution in [0.25, 0.3) is 88.8 Å². The molecule has 9 rings (SSSR count). The zero-order chi connectivity index (χ0) is 40.0. The van der Waals surface area contributed by atoms with Crippen LogP contribution in [0.4, 0.5) is 0 Å². The summed E-state index contributed by atoms with van der Waals surface area (Å²) in [7, 11) is 0. The van der Waals surface area contributed by atoms with Gasteiger partial charge in [-0.15, -0.1) is 0 Å². The van der Waals surface area contributed by atoms with E-state index in [4.69, 9.17) is 9.97 Å². The fraction of sp³-hybridized carbons (Fsp3) is 0.143. The molecule has 2 aromatic heterocycles. The minimum Gasteiger partial charge on any atom is -0.245 e. The van der Waals surface area contributed by atoms with Crippen LogP contribution >= 0.6 is 0 Å². The molecule has 9 aromatic rings. The lowest BCUT2D eigenvalue weighted by molar-refractivity contribution is 0.590. The summed E-state index contributed by atoms with van der Waals surface area (Å²) < 4.78 is 0. The Kier molecular flexibility index (Phi) is 9.37. The molecule has 7 aromatic carbocycles. The number of rotatable bonds is 6. The molecule has 0 spiro atoms. The first kappa shape index (κ1) is 37.0. The molecular formula is C56H48N2. The lowest BCUT2D eigenvalue weighted by Gasteiger charge is -2.19. The van der Waals surface area contributed by atoms with E-state index in [1.807, 2.05) is 0 Å². The van der Waals surface area contributed by atoms with E-state index in [1.165, 1.54) is 33.4 Å². The van der Waals surface area contributed by atoms with Crippen LogP contribution in [0.15, 0.2) is 182 Å². The van der Waals surface area contributed by atoms with Gasteiger partial charge in [0.05, 0.1) is 22.4 Å². The molecule has 0 saturated heterocycles. The highest BCUT2D eigenvalue weighted by molar-refractivity contribution is 6.13. The van der Waals surface area contributed by atoms with Gasteiger partial charge >= 0.3 is 0 Å². The highest BCUT2D eigenvalue weighted by Crippen LogP contribution is 2.40. The largest absolute Gasteiger partial charge is 0.245 e. The first-order valence-electron chi connectivity index (χ1n) is 20.3. The van der Waals surface area contributed by atoms with Crippen LogP contribution in [-0.4, -0.2) is 9.97 Å². The maximum absolute atomic E-state index is 5.49. The van der Waals surface area contributed by atoms with Crippen molar-refractivity contribution in [3.8, 4) is 67.0 Å². The minimum absolute atomic E-state index is 0.117. The van der Waals surface area contributed by atoms with Crippen molar-refractivity contribution in [3.63, 3.8) is 0 Å². The van der Waals surface area contributed by atoms with Crippen molar-refractivity contribution in [3.05, 3.63) is 193 Å². The van der Waals surface area contributed by atoms with Gasteiger partial charge in [0.2, 0.25) is 0 Å². The topological polar surface area (TPSA) is 25.8 Å². The van der Waals surface area contributed by atoms with Gasteiger partial charge in [-0.1, -0.05) is 211 Å². The van der Waals surface area contributed by atoms with Crippen LogP contribution in [0.1, 0.15) is 52.7 Å². The summed E-state index contributed by atoms with van der Waals surface area (Å²) in [4.78, 5) is 11.0. The highest BCUT2D eigenvalue weighted by Gasteiger charge is 2.19. The SMILES string of the molecule is CC(C)(C)c1ccc(-c2ccc(-c3cc(-c4ccccc4)c4ccc5c(-c6ccccc6)cc(-c6ccc(-c7ccc(C(C)(C)C)cc7)cc6)nc5c4n3)cc2)cc1. The summed E-state index contributed by atoms with van der Waals surface area (Å²) in [6.45, 7) is 13.5. The average molecular weight is 749 g/mol. The Hall–Kier alpha value is -6.64. The summed E-state index contributed by atoms with van der Waals surface area (Å²) >= 11 is 0. The molecule has 0 aliphatic heterocycles. The molecule has 0 N–H and O–H groups in total. The molecule has 0 aliphatic rings. The maximum atomic E-state index is 5.49. The molecule has 0 amide bonds. The smallest absolute Gasteiger partial charge is 0.0978 e. The van der Waals surface area contributed by atoms with Crippen LogP contribution < -0.4 is 0 Å². The molecular weight excluding hydrogens is 701 g/mol. The van der Waals surface area contributed by atoms with Crippen molar-refractivity contribution in [1.29, 1.82) is 0 Å². The molecule has 58 heavy (non-hydrogen) atoms. The Balaban J connectivity index is 1.20. The third-order valence-electron chi connectivity index (χ3n) is 11.5. The fourth-order valence-corrected chi connectivity index (χ4v) is 7.98. The highest BCUT2D eigenvalue weighted by atomic mass is 14.8. The van der Waals surface area contributed by atoms with Crippen LogP contribution in [0, 0.1) is 0 Å². The molecule has 2 heteroatoms. The van der Waals surface area contributed by atoms with Gasteiger partial charge in [0.25, 0.3) is 0 Å². The zero-order valence-electron chi connectivity index (χ0n) is 34.2. The van der Waals surface area contributed by atoms with Crippen molar-refractivity contribution in [2.75, 3.05) is 0 Å². The van der Waals surface area contributed by atoms with Crippen molar-refractivity contribution in [2.24, 2.45) is 0 Å². The molecule has 282 valence electrons. The van der Waals surface area contributed by atoms with E-state index in [0.29, 0.717) is 0 Å². The van der Waals surface area contributed by atoms with Crippen molar-refractivity contribution in [2.45, 2.75) is 52.4 Å². The van der Waals surface area contributed by atoms with Crippen LogP contribution in [0.2, 0.25) is 0 Å². The van der Waals surface area contributed by atoms with Crippen LogP contribution in [0.3, 0.4) is 0 Å². The Morgan fingerprint density at radius 2 is 0.586 bits per heavy atom. The third kappa shape index (κ3) is 7.23. The van der Waals surface area contributed by atoms with Gasteiger partial charge in [-0.05, 0) is 78.6 Å². The van der Waals surface area contributed by atoms with E-state index < -0.39 is 0 Å². The van der Waals surface area contributed by atoms with Crippen LogP contribution in [0.5, 0.6) is 0 Å². The lowest BCUT2D eigenvalue weighted by Crippen LogP contribution is -2.10. The summed E-state index contributed by atoms with van der Waals surface area (Å²) in [5, 5.41) is 2.16. The van der Waals surface area contributed by atoms with Gasteiger partial charge in [-0.25, -0.2) is 9.97 Å². The summed E-state index contributed by atoms with van der Waals surface area (Å²) in [6, 6.07) is 65.8. The monoisotopic (exact) mass is 748 g/mol. The van der Waals surface area contributed by atoms with Gasteiger partial charge in [0, 0.05) is 21.9 Å². The molecule has 0 saturated carbocycles. The summed E-state index contributed by atoms with van der Waals surface area (Å²) in [5.74, 6) is 0. The molecule has 0 aliphatic carbocycles. The van der Waals surface area contributed by atoms with Gasteiger partial charge in [0.1, 0.15) is 0 Å². The number of hydrogen-bond acceptors (Lipinski definition) is 2. The quantitative estimate of drug-likeness (QED) is 0.158. The Labute approximate surface area is 342 Å². The van der Waals surface area contributed by atoms with Gasteiger partial charge in [-0.3, -0.25) is 0 Å². The number of fused-ring (bicyclic) bond motifs is 3. The number of benzene rings is 7. The number of nitrogens with zero attached hydrogens (tertiary/aromatic N) is 2. The summed E-state index contributed by atoms with van der Waals surface area (Å²) in [5.41, 5.74) is 18.0. The fourth-order valence-electron chi connectivity index (χ4n) is 7.98. The normalized spacial score (nSPS) is 12.0. The van der Waals surface area contributed by atoms with Crippen molar-refractivity contribution < 1.29 is 0 Å². The molecule has 0 bridgehead atoms. The van der Waals surface area contributed by atoms with Crippen LogP contribution in [-0.2, 0) is 10.8 Å². The van der Waals surface area contributed by atoms with E-state index in [0.717, 1.165) is 66.6 Å². The van der Waals surface area contributed by atoms with E-state index in [-0.39, 0.29) is 10.8 Å². The zero-order valence-corrected chi connectivity index (χ0v) is 34.2. The molecule has 0 fully saturated rings. The second-order valence-corrected chi connectivity index (χ2v) is 17.5. The Morgan fingerprint density at radius 3 is 0.897 bits per heavy atom. The Morgan fingerprint density at radius 1 is 0.293 bits per heavy atom. The second-order valence-electron chi connectivity index (χ2n) is 17.5. The maximum Gasteiger partial charge on any atom is 0.0978 e. The van der Waals surface area contributed by atoms with E-state index in [2.05, 4.69) is 224 Å². The van der Waals surface area contributed by atoms with E-state index in [9.17, 15) is 0 Å². The third-order valence-corrected chi connectivity index (χ3v) is 11.5. The first-order valence-corrected chi connectivity index (χ1v) is 20.3. The number of pyridine rings is 2. The minimum atomic E-state index is 0.117. The molecule has 2 heterocycles. The molecule has 2 nitrogen and oxygen atoms in total. The standard InChI is InChI=1S/C56H48N2/c1-55(2,3)45-29-25-39(26-30-45)37-17-21-43(22-18-37)51-35-49(41-13-9-7-10-14-41)47-33-34-48-50(42-15-11-8-12-16-42)36-52(58-54(48)53(47)57-51)44-23-19-38(20-24-44)40-27-31-46(32-28-40)56(4,5)6/h7-36H,1-6H3. The predicted octanol–water partition coefficient (Wildman–Crippen LogP) is 15.4. The molecule has 0 unspecified atom stereocenters. The van der Waals surface area contributed by atoms with Gasteiger partial charge in [-0.2, -0.15) is 0 Å². The molecule has 0 radical (unpaired) electrons. The second kappa shape index (κ2) is 14.7. The van der Waals surface area contributed by atoms with Crippen molar-refractivity contribution >= 4 is 21.8 Å². The van der Waals surface area contributed by atoms with Gasteiger partial charge < -0.3 is 0 Å².